The number of carbonyl (C=O) groups excluding carboxylic acids is 1. The van der Waals surface area contributed by atoms with Crippen molar-refractivity contribution in [1.82, 2.24) is 19.8 Å². The molecule has 0 radical (unpaired) electrons. The van der Waals surface area contributed by atoms with Gasteiger partial charge < -0.3 is 5.32 Å². The highest BCUT2D eigenvalue weighted by Gasteiger charge is 2.15. The van der Waals surface area contributed by atoms with Crippen LogP contribution in [0.4, 0.5) is 5.69 Å². The van der Waals surface area contributed by atoms with Gasteiger partial charge in [0.1, 0.15) is 5.01 Å². The molecule has 1 amide bonds. The molecular formula is C15H15Cl2N5OS. The summed E-state index contributed by atoms with van der Waals surface area (Å²) in [4.78, 5) is 12.8. The first-order chi connectivity index (χ1) is 11.5. The van der Waals surface area contributed by atoms with Gasteiger partial charge in [-0.3, -0.25) is 4.79 Å². The fourth-order valence-electron chi connectivity index (χ4n) is 2.17. The van der Waals surface area contributed by atoms with Crippen molar-refractivity contribution in [3.05, 3.63) is 39.1 Å². The predicted molar refractivity (Wildman–Crippen MR) is 96.2 cm³/mol. The molecule has 3 aromatic rings. The Morgan fingerprint density at radius 2 is 2.12 bits per heavy atom. The lowest BCUT2D eigenvalue weighted by molar-refractivity contribution is -0.116. The van der Waals surface area contributed by atoms with E-state index in [9.17, 15) is 4.79 Å². The van der Waals surface area contributed by atoms with Gasteiger partial charge in [0, 0.05) is 18.8 Å². The molecule has 126 valence electrons. The van der Waals surface area contributed by atoms with Crippen molar-refractivity contribution in [1.29, 1.82) is 0 Å². The van der Waals surface area contributed by atoms with Crippen LogP contribution in [0.5, 0.6) is 0 Å². The average Bonchev–Trinajstić information content (AvgIpc) is 3.09. The maximum Gasteiger partial charge on any atom is 0.234 e. The maximum absolute atomic E-state index is 12.1. The molecule has 0 saturated carbocycles. The van der Waals surface area contributed by atoms with E-state index in [1.54, 1.807) is 22.7 Å². The van der Waals surface area contributed by atoms with Crippen LogP contribution in [-0.4, -0.2) is 25.7 Å². The first-order valence-corrected chi connectivity index (χ1v) is 8.98. The minimum absolute atomic E-state index is 0.144. The third-order valence-electron chi connectivity index (χ3n) is 3.36. The molecule has 9 heteroatoms. The highest BCUT2D eigenvalue weighted by molar-refractivity contribution is 7.16. The number of rotatable bonds is 5. The maximum atomic E-state index is 12.1. The number of benzene rings is 1. The average molecular weight is 384 g/mol. The lowest BCUT2D eigenvalue weighted by atomic mass is 10.2. The first-order valence-electron chi connectivity index (χ1n) is 7.40. The summed E-state index contributed by atoms with van der Waals surface area (Å²) in [6.45, 7) is 4.08. The van der Waals surface area contributed by atoms with E-state index in [4.69, 9.17) is 23.2 Å². The third kappa shape index (κ3) is 3.53. The van der Waals surface area contributed by atoms with Gasteiger partial charge in [-0.05, 0) is 12.1 Å². The molecule has 0 unspecified atom stereocenters. The van der Waals surface area contributed by atoms with Crippen LogP contribution in [0.25, 0.3) is 4.96 Å². The second-order valence-electron chi connectivity index (χ2n) is 5.55. The smallest absolute Gasteiger partial charge is 0.234 e. The molecule has 1 N–H and O–H groups in total. The Balaban J connectivity index is 1.65. The van der Waals surface area contributed by atoms with Gasteiger partial charge in [-0.2, -0.15) is 9.61 Å². The summed E-state index contributed by atoms with van der Waals surface area (Å²) in [5.74, 6) is 0.917. The molecule has 2 aromatic heterocycles. The van der Waals surface area contributed by atoms with Crippen molar-refractivity contribution < 1.29 is 4.79 Å². The van der Waals surface area contributed by atoms with Gasteiger partial charge in [0.05, 0.1) is 15.7 Å². The van der Waals surface area contributed by atoms with Crippen LogP contribution in [0.3, 0.4) is 0 Å². The summed E-state index contributed by atoms with van der Waals surface area (Å²) in [5, 5.41) is 17.1. The largest absolute Gasteiger partial charge is 0.325 e. The zero-order valence-corrected chi connectivity index (χ0v) is 15.4. The zero-order valence-electron chi connectivity index (χ0n) is 13.1. The van der Waals surface area contributed by atoms with E-state index in [1.165, 1.54) is 11.3 Å². The van der Waals surface area contributed by atoms with E-state index >= 15 is 0 Å². The van der Waals surface area contributed by atoms with Gasteiger partial charge in [0.2, 0.25) is 10.9 Å². The molecular weight excluding hydrogens is 369 g/mol. The van der Waals surface area contributed by atoms with Gasteiger partial charge in [-0.1, -0.05) is 54.5 Å². The van der Waals surface area contributed by atoms with Crippen LogP contribution < -0.4 is 5.32 Å². The van der Waals surface area contributed by atoms with Gasteiger partial charge >= 0.3 is 0 Å². The second-order valence-corrected chi connectivity index (χ2v) is 7.38. The second kappa shape index (κ2) is 7.04. The van der Waals surface area contributed by atoms with E-state index in [-0.39, 0.29) is 11.8 Å². The topological polar surface area (TPSA) is 72.2 Å². The Bertz CT molecular complexity index is 889. The summed E-state index contributed by atoms with van der Waals surface area (Å²) in [7, 11) is 0. The van der Waals surface area contributed by atoms with E-state index in [0.29, 0.717) is 28.6 Å². The third-order valence-corrected chi connectivity index (χ3v) is 5.14. The van der Waals surface area contributed by atoms with Crippen molar-refractivity contribution in [2.24, 2.45) is 0 Å². The number of carbonyl (C=O) groups is 1. The van der Waals surface area contributed by atoms with Crippen LogP contribution in [-0.2, 0) is 11.2 Å². The first kappa shape index (κ1) is 17.1. The molecule has 0 aliphatic heterocycles. The molecule has 0 spiro atoms. The number of fused-ring (bicyclic) bond motifs is 1. The molecule has 0 fully saturated rings. The minimum atomic E-state index is -0.144. The number of aromatic nitrogens is 4. The standard InChI is InChI=1S/C15H15Cl2N5OS/c1-8(2)14-19-20-15-22(14)21-12(24-15)7-6-11(23)18-10-5-3-4-9(16)13(10)17/h3-5,8H,6-7H2,1-2H3,(H,18,23). The predicted octanol–water partition coefficient (Wildman–Crippen LogP) is 4.19. The van der Waals surface area contributed by atoms with E-state index in [2.05, 4.69) is 20.6 Å². The number of hydrogen-bond acceptors (Lipinski definition) is 5. The quantitative estimate of drug-likeness (QED) is 0.716. The normalized spacial score (nSPS) is 11.4. The Kier molecular flexibility index (Phi) is 5.03. The Morgan fingerprint density at radius 1 is 1.33 bits per heavy atom. The van der Waals surface area contributed by atoms with Crippen molar-refractivity contribution in [3.8, 4) is 0 Å². The number of hydrogen-bond donors (Lipinski definition) is 1. The number of nitrogens with zero attached hydrogens (tertiary/aromatic N) is 4. The fraction of sp³-hybridized carbons (Fsp3) is 0.333. The van der Waals surface area contributed by atoms with Gasteiger partial charge in [-0.15, -0.1) is 10.2 Å². The van der Waals surface area contributed by atoms with Gasteiger partial charge in [0.15, 0.2) is 5.82 Å². The van der Waals surface area contributed by atoms with E-state index in [0.717, 1.165) is 15.8 Å². The van der Waals surface area contributed by atoms with Crippen molar-refractivity contribution in [3.63, 3.8) is 0 Å². The summed E-state index contributed by atoms with van der Waals surface area (Å²) in [5.41, 5.74) is 0.509. The SMILES string of the molecule is CC(C)c1nnc2sc(CCC(=O)Nc3cccc(Cl)c3Cl)nn12. The molecule has 0 saturated heterocycles. The molecule has 0 atom stereocenters. The molecule has 2 heterocycles. The van der Waals surface area contributed by atoms with Crippen LogP contribution in [0.1, 0.15) is 37.0 Å². The van der Waals surface area contributed by atoms with Crippen molar-refractivity contribution >= 4 is 51.1 Å². The molecule has 24 heavy (non-hydrogen) atoms. The minimum Gasteiger partial charge on any atom is -0.325 e. The molecule has 0 aliphatic carbocycles. The summed E-state index contributed by atoms with van der Waals surface area (Å²) in [6.07, 6.45) is 0.819. The Labute approximate surface area is 152 Å². The van der Waals surface area contributed by atoms with Gasteiger partial charge in [0.25, 0.3) is 0 Å². The number of anilines is 1. The van der Waals surface area contributed by atoms with E-state index < -0.39 is 0 Å². The monoisotopic (exact) mass is 383 g/mol. The number of nitrogens with one attached hydrogen (secondary N) is 1. The highest BCUT2D eigenvalue weighted by Crippen LogP contribution is 2.29. The van der Waals surface area contributed by atoms with Gasteiger partial charge in [-0.25, -0.2) is 0 Å². The Morgan fingerprint density at radius 3 is 2.88 bits per heavy atom. The van der Waals surface area contributed by atoms with Crippen LogP contribution in [0.2, 0.25) is 10.0 Å². The molecule has 6 nitrogen and oxygen atoms in total. The molecule has 1 aromatic carbocycles. The lowest BCUT2D eigenvalue weighted by Crippen LogP contribution is -2.12. The lowest BCUT2D eigenvalue weighted by Gasteiger charge is -2.07. The molecule has 0 aliphatic rings. The number of amides is 1. The molecule has 3 rings (SSSR count). The fourth-order valence-corrected chi connectivity index (χ4v) is 3.35. The summed E-state index contributed by atoms with van der Waals surface area (Å²) >= 11 is 13.4. The van der Waals surface area contributed by atoms with Crippen LogP contribution in [0, 0.1) is 0 Å². The number of aryl methyl sites for hydroxylation is 1. The van der Waals surface area contributed by atoms with Crippen molar-refractivity contribution in [2.75, 3.05) is 5.32 Å². The van der Waals surface area contributed by atoms with Crippen LogP contribution in [0.15, 0.2) is 18.2 Å². The highest BCUT2D eigenvalue weighted by atomic mass is 35.5. The Hall–Kier alpha value is -1.70. The molecule has 0 bridgehead atoms. The summed E-state index contributed by atoms with van der Waals surface area (Å²) in [6, 6.07) is 5.12. The van der Waals surface area contributed by atoms with E-state index in [1.807, 2.05) is 13.8 Å². The van der Waals surface area contributed by atoms with Crippen molar-refractivity contribution in [2.45, 2.75) is 32.6 Å². The summed E-state index contributed by atoms with van der Waals surface area (Å²) < 4.78 is 1.75. The van der Waals surface area contributed by atoms with Crippen LogP contribution >= 0.6 is 34.5 Å². The zero-order chi connectivity index (χ0) is 17.3. The number of halogens is 2.